The molecule has 5 heterocycles. The number of benzene rings is 1. The molecular formula is C27H34N6OS2. The Morgan fingerprint density at radius 1 is 1.11 bits per heavy atom. The normalized spacial score (nSPS) is 21.3. The molecule has 4 aromatic rings. The zero-order valence-corrected chi connectivity index (χ0v) is 22.6. The summed E-state index contributed by atoms with van der Waals surface area (Å²) in [6.07, 6.45) is 7.72. The van der Waals surface area contributed by atoms with E-state index in [9.17, 15) is 4.79 Å². The Balaban J connectivity index is 0.00000133. The van der Waals surface area contributed by atoms with E-state index in [1.807, 2.05) is 24.4 Å². The van der Waals surface area contributed by atoms with Crippen molar-refractivity contribution in [1.29, 1.82) is 0 Å². The molecule has 190 valence electrons. The number of hydrogen-bond donors (Lipinski definition) is 1. The number of hydrogen-bond acceptors (Lipinski definition) is 4. The highest BCUT2D eigenvalue weighted by atomic mass is 32.1. The van der Waals surface area contributed by atoms with Crippen molar-refractivity contribution in [2.24, 2.45) is 13.0 Å². The maximum absolute atomic E-state index is 13.5. The molecule has 7 nitrogen and oxygen atoms in total. The summed E-state index contributed by atoms with van der Waals surface area (Å²) in [5, 5.41) is 4.71. The lowest BCUT2D eigenvalue weighted by atomic mass is 9.96. The van der Waals surface area contributed by atoms with E-state index in [2.05, 4.69) is 49.6 Å². The minimum absolute atomic E-state index is 0. The quantitative estimate of drug-likeness (QED) is 0.436. The predicted octanol–water partition coefficient (Wildman–Crippen LogP) is 4.19. The van der Waals surface area contributed by atoms with Gasteiger partial charge in [-0.1, -0.05) is 0 Å². The predicted molar refractivity (Wildman–Crippen MR) is 153 cm³/mol. The lowest BCUT2D eigenvalue weighted by molar-refractivity contribution is 0.0600. The van der Waals surface area contributed by atoms with Crippen molar-refractivity contribution >= 4 is 55.0 Å². The van der Waals surface area contributed by atoms with E-state index < -0.39 is 0 Å². The van der Waals surface area contributed by atoms with Crippen molar-refractivity contribution < 1.29 is 4.79 Å². The minimum atomic E-state index is 0. The fourth-order valence-electron chi connectivity index (χ4n) is 6.06. The second-order valence-electron chi connectivity index (χ2n) is 10.3. The van der Waals surface area contributed by atoms with Crippen molar-refractivity contribution in [3.8, 4) is 11.5 Å². The molecule has 1 aliphatic carbocycles. The van der Waals surface area contributed by atoms with E-state index >= 15 is 0 Å². The summed E-state index contributed by atoms with van der Waals surface area (Å²) in [5.74, 6) is 1.80. The molecule has 2 saturated heterocycles. The number of aryl methyl sites for hydroxylation is 1. The zero-order chi connectivity index (χ0) is 22.8. The highest BCUT2D eigenvalue weighted by molar-refractivity contribution is 7.59. The number of carbonyl (C=O) groups is 1. The average molecular weight is 523 g/mol. The number of likely N-dealkylation sites (tertiary alicyclic amines) is 1. The van der Waals surface area contributed by atoms with Crippen LogP contribution >= 0.6 is 27.0 Å². The van der Waals surface area contributed by atoms with Crippen molar-refractivity contribution in [3.63, 3.8) is 0 Å². The number of aromatic nitrogens is 4. The standard InChI is InChI=1S/C27H30N6O.2H2S/c1-31-22-9-8-19(27(34)32-13-3-5-20-23(32)10-12-28-20)14-21(22)30-26(31)24-15-18-4-2-11-29-25(18)33(24)16-17-6-7-17;;/h2,4,8-9,11,14-15,17,20,23,28H,3,5-7,10,12-13,16H2,1H3;2*1H2/t20-,23-;;/m0../s1. The number of rotatable bonds is 4. The summed E-state index contributed by atoms with van der Waals surface area (Å²) < 4.78 is 4.49. The van der Waals surface area contributed by atoms with Crippen LogP contribution in [-0.2, 0) is 13.6 Å². The van der Waals surface area contributed by atoms with Crippen LogP contribution in [0, 0.1) is 5.92 Å². The Hall–Kier alpha value is -2.49. The number of pyridine rings is 1. The van der Waals surface area contributed by atoms with Crippen molar-refractivity contribution in [1.82, 2.24) is 29.3 Å². The van der Waals surface area contributed by atoms with E-state index in [1.54, 1.807) is 0 Å². The molecule has 7 rings (SSSR count). The molecule has 2 aliphatic heterocycles. The molecule has 3 aliphatic rings. The molecule has 0 radical (unpaired) electrons. The highest BCUT2D eigenvalue weighted by Gasteiger charge is 2.37. The Morgan fingerprint density at radius 2 is 1.97 bits per heavy atom. The lowest BCUT2D eigenvalue weighted by Gasteiger charge is -2.37. The van der Waals surface area contributed by atoms with Crippen LogP contribution in [-0.4, -0.2) is 55.1 Å². The monoisotopic (exact) mass is 522 g/mol. The molecule has 0 spiro atoms. The Bertz CT molecular complexity index is 1420. The lowest BCUT2D eigenvalue weighted by Crippen LogP contribution is -2.51. The highest BCUT2D eigenvalue weighted by Crippen LogP contribution is 2.36. The topological polar surface area (TPSA) is 68.0 Å². The van der Waals surface area contributed by atoms with Crippen LogP contribution in [0.4, 0.5) is 0 Å². The number of amides is 1. The van der Waals surface area contributed by atoms with Gasteiger partial charge >= 0.3 is 0 Å². The van der Waals surface area contributed by atoms with Gasteiger partial charge in [0, 0.05) is 49.4 Å². The van der Waals surface area contributed by atoms with Crippen molar-refractivity contribution in [2.75, 3.05) is 13.1 Å². The van der Waals surface area contributed by atoms with Gasteiger partial charge in [0.15, 0.2) is 5.82 Å². The second kappa shape index (κ2) is 9.76. The number of nitrogens with zero attached hydrogens (tertiary/aromatic N) is 5. The van der Waals surface area contributed by atoms with E-state index in [0.717, 1.165) is 77.5 Å². The van der Waals surface area contributed by atoms with Crippen LogP contribution in [0.15, 0.2) is 42.6 Å². The molecule has 1 aromatic carbocycles. The third-order valence-electron chi connectivity index (χ3n) is 8.04. The Kier molecular flexibility index (Phi) is 6.82. The van der Waals surface area contributed by atoms with Crippen LogP contribution in [0.2, 0.25) is 0 Å². The van der Waals surface area contributed by atoms with Gasteiger partial charge in [-0.25, -0.2) is 9.97 Å². The molecule has 1 saturated carbocycles. The van der Waals surface area contributed by atoms with E-state index in [-0.39, 0.29) is 32.9 Å². The molecular weight excluding hydrogens is 488 g/mol. The molecule has 2 atom stereocenters. The van der Waals surface area contributed by atoms with Crippen LogP contribution in [0.1, 0.15) is 42.5 Å². The fourth-order valence-corrected chi connectivity index (χ4v) is 6.06. The first-order chi connectivity index (χ1) is 16.7. The fraction of sp³-hybridized carbons (Fsp3) is 0.444. The zero-order valence-electron chi connectivity index (χ0n) is 20.6. The first-order valence-electron chi connectivity index (χ1n) is 12.6. The van der Waals surface area contributed by atoms with Gasteiger partial charge in [0.1, 0.15) is 5.65 Å². The van der Waals surface area contributed by atoms with Crippen LogP contribution in [0.25, 0.3) is 33.6 Å². The summed E-state index contributed by atoms with van der Waals surface area (Å²) >= 11 is 0. The van der Waals surface area contributed by atoms with E-state index in [4.69, 9.17) is 4.98 Å². The van der Waals surface area contributed by atoms with Gasteiger partial charge in [0.2, 0.25) is 0 Å². The number of fused-ring (bicyclic) bond motifs is 3. The molecule has 0 bridgehead atoms. The Morgan fingerprint density at radius 3 is 2.81 bits per heavy atom. The number of nitrogens with one attached hydrogen (secondary N) is 1. The summed E-state index contributed by atoms with van der Waals surface area (Å²) in [6.45, 7) is 2.83. The molecule has 1 N–H and O–H groups in total. The third-order valence-corrected chi connectivity index (χ3v) is 8.04. The van der Waals surface area contributed by atoms with Gasteiger partial charge in [-0.3, -0.25) is 4.79 Å². The van der Waals surface area contributed by atoms with Gasteiger partial charge in [-0.05, 0) is 81.0 Å². The summed E-state index contributed by atoms with van der Waals surface area (Å²) in [6, 6.07) is 13.1. The molecule has 9 heteroatoms. The van der Waals surface area contributed by atoms with Gasteiger partial charge < -0.3 is 19.4 Å². The molecule has 36 heavy (non-hydrogen) atoms. The second-order valence-corrected chi connectivity index (χ2v) is 10.3. The van der Waals surface area contributed by atoms with Crippen LogP contribution < -0.4 is 5.32 Å². The molecule has 1 amide bonds. The van der Waals surface area contributed by atoms with E-state index in [0.29, 0.717) is 12.1 Å². The molecule has 3 fully saturated rings. The van der Waals surface area contributed by atoms with Crippen molar-refractivity contribution in [2.45, 2.75) is 50.7 Å². The van der Waals surface area contributed by atoms with Crippen LogP contribution in [0.5, 0.6) is 0 Å². The summed E-state index contributed by atoms with van der Waals surface area (Å²) in [7, 11) is 2.07. The SMILES string of the molecule is Cn1c(-c2cc3cccnc3n2CC2CC2)nc2cc(C(=O)N3CCC[C@@H]4NCC[C@@H]43)ccc21.S.S. The number of piperidine rings is 1. The maximum atomic E-state index is 13.5. The van der Waals surface area contributed by atoms with E-state index in [1.165, 1.54) is 19.3 Å². The van der Waals surface area contributed by atoms with Crippen LogP contribution in [0.3, 0.4) is 0 Å². The van der Waals surface area contributed by atoms with Gasteiger partial charge in [-0.2, -0.15) is 27.0 Å². The van der Waals surface area contributed by atoms with Gasteiger partial charge in [-0.15, -0.1) is 0 Å². The first kappa shape index (κ1) is 25.2. The Labute approximate surface area is 225 Å². The minimum Gasteiger partial charge on any atom is -0.334 e. The molecule has 3 aromatic heterocycles. The third kappa shape index (κ3) is 4.11. The van der Waals surface area contributed by atoms with Gasteiger partial charge in [0.05, 0.1) is 16.7 Å². The molecule has 0 unspecified atom stereocenters. The summed E-state index contributed by atoms with van der Waals surface area (Å²) in [4.78, 5) is 25.3. The smallest absolute Gasteiger partial charge is 0.254 e. The number of carbonyl (C=O) groups excluding carboxylic acids is 1. The maximum Gasteiger partial charge on any atom is 0.254 e. The van der Waals surface area contributed by atoms with Crippen molar-refractivity contribution in [3.05, 3.63) is 48.2 Å². The van der Waals surface area contributed by atoms with Gasteiger partial charge in [0.25, 0.3) is 5.91 Å². The first-order valence-corrected chi connectivity index (χ1v) is 12.6. The summed E-state index contributed by atoms with van der Waals surface area (Å²) in [5.41, 5.74) is 4.78. The average Bonchev–Trinajstić information content (AvgIpc) is 3.28. The largest absolute Gasteiger partial charge is 0.334 e. The number of imidazole rings is 1.